The maximum Gasteiger partial charge on any atom is 0.461 e. The van der Waals surface area contributed by atoms with Crippen LogP contribution in [0.5, 0.6) is 0 Å². The van der Waals surface area contributed by atoms with E-state index in [-0.39, 0.29) is 17.0 Å². The molecule has 0 bridgehead atoms. The molecule has 0 saturated carbocycles. The number of anilines is 1. The smallest absolute Gasteiger partial charge is 0.461 e. The first-order valence-electron chi connectivity index (χ1n) is 5.74. The van der Waals surface area contributed by atoms with Crippen LogP contribution in [0.15, 0.2) is 24.3 Å². The molecule has 0 spiro atoms. The van der Waals surface area contributed by atoms with Crippen molar-refractivity contribution in [1.82, 2.24) is 5.10 Å². The molecular weight excluding hydrogens is 363 g/mol. The highest BCUT2D eigenvalue weighted by molar-refractivity contribution is 14.1. The molecule has 2 rings (SSSR count). The van der Waals surface area contributed by atoms with Gasteiger partial charge in [-0.1, -0.05) is 34.7 Å². The van der Waals surface area contributed by atoms with E-state index in [0.717, 1.165) is 4.43 Å². The zero-order valence-electron chi connectivity index (χ0n) is 10.1. The number of alkyl halides is 1. The van der Waals surface area contributed by atoms with Crippen molar-refractivity contribution >= 4 is 39.6 Å². The normalized spacial score (nSPS) is 10.8. The van der Waals surface area contributed by atoms with E-state index >= 15 is 0 Å². The maximum absolute atomic E-state index is 12.0. The van der Waals surface area contributed by atoms with Gasteiger partial charge in [-0.2, -0.15) is 0 Å². The molecule has 0 aliphatic rings. The Kier molecular flexibility index (Phi) is 4.91. The number of fused-ring (bicyclic) bond motifs is 1. The van der Waals surface area contributed by atoms with Gasteiger partial charge in [-0.15, -0.1) is 0 Å². The zero-order valence-corrected chi connectivity index (χ0v) is 12.2. The van der Waals surface area contributed by atoms with Gasteiger partial charge in [0, 0.05) is 15.3 Å². The lowest BCUT2D eigenvalue weighted by Crippen LogP contribution is -2.44. The summed E-state index contributed by atoms with van der Waals surface area (Å²) in [7, 11) is 0. The van der Waals surface area contributed by atoms with Crippen LogP contribution in [0, 0.1) is 10.4 Å². The van der Waals surface area contributed by atoms with Gasteiger partial charge in [0.1, 0.15) is 0 Å². The summed E-state index contributed by atoms with van der Waals surface area (Å²) < 4.78 is 6.79. The fourth-order valence-electron chi connectivity index (χ4n) is 1.59. The van der Waals surface area contributed by atoms with Gasteiger partial charge in [0.25, 0.3) is 5.52 Å². The number of para-hydroxylation sites is 2. The SMILES string of the molecule is [O-][n+]1nc(NCCOCCI)[n+]([O-])c2ccccc21. The van der Waals surface area contributed by atoms with Gasteiger partial charge in [0.15, 0.2) is 5.52 Å². The molecule has 0 radical (unpaired) electrons. The van der Waals surface area contributed by atoms with Gasteiger partial charge < -0.3 is 15.2 Å². The van der Waals surface area contributed by atoms with Crippen LogP contribution in [0.25, 0.3) is 11.0 Å². The van der Waals surface area contributed by atoms with Crippen molar-refractivity contribution in [3.63, 3.8) is 0 Å². The summed E-state index contributed by atoms with van der Waals surface area (Å²) in [6.45, 7) is 1.53. The summed E-state index contributed by atoms with van der Waals surface area (Å²) >= 11 is 2.21. The highest BCUT2D eigenvalue weighted by Crippen LogP contribution is 2.05. The molecule has 0 aliphatic heterocycles. The van der Waals surface area contributed by atoms with E-state index in [1.54, 1.807) is 24.3 Å². The number of halogens is 1. The van der Waals surface area contributed by atoms with Crippen molar-refractivity contribution in [3.05, 3.63) is 34.7 Å². The van der Waals surface area contributed by atoms with E-state index in [1.165, 1.54) is 0 Å². The summed E-state index contributed by atoms with van der Waals surface area (Å²) in [5, 5.41) is 30.1. The van der Waals surface area contributed by atoms with Gasteiger partial charge in [0.05, 0.1) is 19.8 Å². The van der Waals surface area contributed by atoms with Crippen molar-refractivity contribution in [2.24, 2.45) is 0 Å². The standard InChI is InChI=1S/C11H13IN4O3/c12-5-7-19-8-6-13-11-14-16(18)10-4-2-1-3-9(10)15(11)17/h1-4H,5-8H2,(H,13,14). The Balaban J connectivity index is 2.13. The molecule has 1 heterocycles. The minimum atomic E-state index is -0.0215. The third kappa shape index (κ3) is 3.32. The summed E-state index contributed by atoms with van der Waals surface area (Å²) in [4.78, 5) is 0.442. The molecule has 0 aliphatic carbocycles. The Labute approximate surface area is 123 Å². The number of nitrogens with zero attached hydrogens (tertiary/aromatic N) is 3. The summed E-state index contributed by atoms with van der Waals surface area (Å²) in [6, 6.07) is 6.51. The Hall–Kier alpha value is -1.42. The number of hydrogen-bond donors (Lipinski definition) is 1. The molecule has 19 heavy (non-hydrogen) atoms. The van der Waals surface area contributed by atoms with Gasteiger partial charge in [-0.3, -0.25) is 5.32 Å². The lowest BCUT2D eigenvalue weighted by Gasteiger charge is -2.09. The lowest BCUT2D eigenvalue weighted by atomic mass is 10.3. The number of benzene rings is 1. The largest absolute Gasteiger partial charge is 0.739 e. The predicted octanol–water partition coefficient (Wildman–Crippen LogP) is 0.365. The molecule has 1 aromatic heterocycles. The number of ether oxygens (including phenoxy) is 1. The topological polar surface area (TPSA) is 88.0 Å². The van der Waals surface area contributed by atoms with E-state index < -0.39 is 0 Å². The van der Waals surface area contributed by atoms with Crippen molar-refractivity contribution in [1.29, 1.82) is 0 Å². The predicted molar refractivity (Wildman–Crippen MR) is 77.9 cm³/mol. The third-order valence-corrected chi connectivity index (χ3v) is 2.88. The monoisotopic (exact) mass is 376 g/mol. The maximum atomic E-state index is 12.0. The van der Waals surface area contributed by atoms with Crippen LogP contribution >= 0.6 is 22.6 Å². The summed E-state index contributed by atoms with van der Waals surface area (Å²) in [5.74, 6) is -0.0215. The molecule has 102 valence electrons. The quantitative estimate of drug-likeness (QED) is 0.259. The zero-order chi connectivity index (χ0) is 13.7. The van der Waals surface area contributed by atoms with Crippen molar-refractivity contribution in [2.75, 3.05) is 29.5 Å². The molecule has 2 aromatic rings. The van der Waals surface area contributed by atoms with Crippen LogP contribution in [0.3, 0.4) is 0 Å². The van der Waals surface area contributed by atoms with Crippen LogP contribution in [0.1, 0.15) is 0 Å². The van der Waals surface area contributed by atoms with Gasteiger partial charge in [-0.05, 0) is 6.07 Å². The minimum Gasteiger partial charge on any atom is -0.739 e. The Morgan fingerprint density at radius 2 is 1.95 bits per heavy atom. The number of hydrogen-bond acceptors (Lipinski definition) is 5. The Morgan fingerprint density at radius 1 is 1.21 bits per heavy atom. The fraction of sp³-hybridized carbons (Fsp3) is 0.364. The second-order valence-corrected chi connectivity index (χ2v) is 4.79. The number of nitrogens with one attached hydrogen (secondary N) is 1. The Bertz CT molecular complexity index is 567. The van der Waals surface area contributed by atoms with Crippen LogP contribution in [0.4, 0.5) is 5.95 Å². The molecule has 1 N–H and O–H groups in total. The van der Waals surface area contributed by atoms with Crippen molar-refractivity contribution in [3.8, 4) is 0 Å². The van der Waals surface area contributed by atoms with Crippen LogP contribution in [-0.4, -0.2) is 29.3 Å². The second kappa shape index (κ2) is 6.66. The average Bonchev–Trinajstić information content (AvgIpc) is 2.44. The molecule has 0 fully saturated rings. The van der Waals surface area contributed by atoms with E-state index in [0.29, 0.717) is 29.3 Å². The third-order valence-electron chi connectivity index (χ3n) is 2.44. The number of aromatic nitrogens is 3. The first-order chi connectivity index (χ1) is 9.24. The van der Waals surface area contributed by atoms with E-state index in [4.69, 9.17) is 4.74 Å². The summed E-state index contributed by atoms with van der Waals surface area (Å²) in [6.07, 6.45) is 0. The highest BCUT2D eigenvalue weighted by atomic mass is 127. The van der Waals surface area contributed by atoms with Gasteiger partial charge in [-0.25, -0.2) is 4.73 Å². The van der Waals surface area contributed by atoms with Crippen LogP contribution in [0.2, 0.25) is 0 Å². The second-order valence-electron chi connectivity index (χ2n) is 3.71. The first-order valence-corrected chi connectivity index (χ1v) is 7.26. The van der Waals surface area contributed by atoms with Crippen LogP contribution < -0.4 is 14.9 Å². The minimum absolute atomic E-state index is 0.0215. The Morgan fingerprint density at radius 3 is 2.68 bits per heavy atom. The molecule has 0 amide bonds. The molecule has 1 aromatic carbocycles. The van der Waals surface area contributed by atoms with Crippen LogP contribution in [-0.2, 0) is 4.74 Å². The average molecular weight is 376 g/mol. The molecule has 0 saturated heterocycles. The van der Waals surface area contributed by atoms with Crippen molar-refractivity contribution < 1.29 is 14.3 Å². The van der Waals surface area contributed by atoms with E-state index in [2.05, 4.69) is 33.0 Å². The lowest BCUT2D eigenvalue weighted by molar-refractivity contribution is -0.672. The highest BCUT2D eigenvalue weighted by Gasteiger charge is 2.18. The first kappa shape index (κ1) is 14.0. The number of rotatable bonds is 6. The van der Waals surface area contributed by atoms with Crippen molar-refractivity contribution in [2.45, 2.75) is 0 Å². The summed E-state index contributed by atoms with van der Waals surface area (Å²) in [5.41, 5.74) is 0.521. The molecule has 0 atom stereocenters. The van der Waals surface area contributed by atoms with Gasteiger partial charge in [0.2, 0.25) is 5.10 Å². The molecule has 8 heteroatoms. The molecule has 7 nitrogen and oxygen atoms in total. The van der Waals surface area contributed by atoms with Gasteiger partial charge >= 0.3 is 5.95 Å². The fourth-order valence-corrected chi connectivity index (χ4v) is 1.90. The molecular formula is C11H13IN4O3. The van der Waals surface area contributed by atoms with E-state index in [9.17, 15) is 10.4 Å². The van der Waals surface area contributed by atoms with E-state index in [1.807, 2.05) is 0 Å². The molecule has 0 unspecified atom stereocenters.